The topological polar surface area (TPSA) is 61.6 Å². The number of hydrogen-bond donors (Lipinski definition) is 0. The van der Waals surface area contributed by atoms with E-state index in [0.717, 1.165) is 5.56 Å². The largest absolute Gasteiger partial charge is 0.479 e. The van der Waals surface area contributed by atoms with Crippen LogP contribution < -0.4 is 4.74 Å². The van der Waals surface area contributed by atoms with Crippen LogP contribution in [-0.4, -0.2) is 17.1 Å². The first kappa shape index (κ1) is 17.1. The Balaban J connectivity index is 1.96. The number of carbonyl (C=O) groups excluding carboxylic acids is 1. The summed E-state index contributed by atoms with van der Waals surface area (Å²) in [7, 11) is 0. The highest BCUT2D eigenvalue weighted by atomic mass is 16.6. The molecule has 0 saturated carbocycles. The lowest BCUT2D eigenvalue weighted by atomic mass is 9.86. The molecule has 124 valence electrons. The molecule has 0 N–H and O–H groups in total. The SMILES string of the molecule is Cc1cc(C(C)(C)C)ccc1OC(C)C(=O)OCc1cnco1. The van der Waals surface area contributed by atoms with Crippen molar-refractivity contribution in [2.45, 2.75) is 52.7 Å². The molecule has 1 unspecified atom stereocenters. The predicted octanol–water partition coefficient (Wildman–Crippen LogP) is 3.79. The van der Waals surface area contributed by atoms with Crippen molar-refractivity contribution in [3.05, 3.63) is 47.7 Å². The van der Waals surface area contributed by atoms with Crippen LogP contribution in [-0.2, 0) is 21.6 Å². The highest BCUT2D eigenvalue weighted by Gasteiger charge is 2.19. The van der Waals surface area contributed by atoms with E-state index in [9.17, 15) is 4.79 Å². The lowest BCUT2D eigenvalue weighted by Gasteiger charge is -2.21. The molecule has 0 amide bonds. The Labute approximate surface area is 136 Å². The van der Waals surface area contributed by atoms with Crippen LogP contribution in [0.1, 0.15) is 44.6 Å². The number of esters is 1. The van der Waals surface area contributed by atoms with Gasteiger partial charge in [0.05, 0.1) is 6.20 Å². The second-order valence-corrected chi connectivity index (χ2v) is 6.57. The van der Waals surface area contributed by atoms with E-state index < -0.39 is 12.1 Å². The highest BCUT2D eigenvalue weighted by molar-refractivity contribution is 5.74. The maximum atomic E-state index is 12.0. The van der Waals surface area contributed by atoms with Gasteiger partial charge in [-0.05, 0) is 36.5 Å². The molecule has 0 aliphatic heterocycles. The van der Waals surface area contributed by atoms with E-state index in [1.807, 2.05) is 19.1 Å². The molecule has 0 fully saturated rings. The van der Waals surface area contributed by atoms with E-state index in [1.54, 1.807) is 6.92 Å². The zero-order chi connectivity index (χ0) is 17.0. The molecule has 5 heteroatoms. The highest BCUT2D eigenvalue weighted by Crippen LogP contribution is 2.28. The number of aromatic nitrogens is 1. The Kier molecular flexibility index (Phi) is 5.08. The minimum Gasteiger partial charge on any atom is -0.479 e. The fourth-order valence-electron chi connectivity index (χ4n) is 2.06. The summed E-state index contributed by atoms with van der Waals surface area (Å²) in [6.45, 7) is 10.2. The summed E-state index contributed by atoms with van der Waals surface area (Å²) in [5.41, 5.74) is 2.29. The normalized spacial score (nSPS) is 12.7. The molecule has 1 heterocycles. The second-order valence-electron chi connectivity index (χ2n) is 6.57. The average molecular weight is 317 g/mol. The molecule has 23 heavy (non-hydrogen) atoms. The van der Waals surface area contributed by atoms with Crippen LogP contribution in [0.4, 0.5) is 0 Å². The maximum Gasteiger partial charge on any atom is 0.347 e. The molecule has 2 rings (SSSR count). The van der Waals surface area contributed by atoms with Crippen molar-refractivity contribution in [3.8, 4) is 5.75 Å². The molecular weight excluding hydrogens is 294 g/mol. The van der Waals surface area contributed by atoms with E-state index in [1.165, 1.54) is 18.2 Å². The van der Waals surface area contributed by atoms with Gasteiger partial charge in [-0.25, -0.2) is 9.78 Å². The molecule has 0 aliphatic rings. The van der Waals surface area contributed by atoms with Gasteiger partial charge in [-0.3, -0.25) is 0 Å². The van der Waals surface area contributed by atoms with Crippen LogP contribution in [0, 0.1) is 6.92 Å². The van der Waals surface area contributed by atoms with Gasteiger partial charge in [-0.15, -0.1) is 0 Å². The lowest BCUT2D eigenvalue weighted by Crippen LogP contribution is -2.26. The summed E-state index contributed by atoms with van der Waals surface area (Å²) >= 11 is 0. The first-order valence-corrected chi connectivity index (χ1v) is 7.59. The van der Waals surface area contributed by atoms with E-state index in [-0.39, 0.29) is 12.0 Å². The molecule has 1 aromatic heterocycles. The first-order chi connectivity index (χ1) is 10.8. The molecule has 1 aromatic carbocycles. The van der Waals surface area contributed by atoms with Crippen molar-refractivity contribution < 1.29 is 18.7 Å². The van der Waals surface area contributed by atoms with Crippen LogP contribution in [0.15, 0.2) is 35.2 Å². The Morgan fingerprint density at radius 1 is 1.35 bits per heavy atom. The predicted molar refractivity (Wildman–Crippen MR) is 86.3 cm³/mol. The molecule has 0 saturated heterocycles. The maximum absolute atomic E-state index is 12.0. The average Bonchev–Trinajstić information content (AvgIpc) is 2.99. The molecular formula is C18H23NO4. The van der Waals surface area contributed by atoms with Crippen molar-refractivity contribution in [2.75, 3.05) is 0 Å². The molecule has 1 atom stereocenters. The number of aryl methyl sites for hydroxylation is 1. The summed E-state index contributed by atoms with van der Waals surface area (Å²) in [6, 6.07) is 6.01. The van der Waals surface area contributed by atoms with Crippen molar-refractivity contribution >= 4 is 5.97 Å². The fourth-order valence-corrected chi connectivity index (χ4v) is 2.06. The summed E-state index contributed by atoms with van der Waals surface area (Å²) < 4.78 is 15.9. The Bertz CT molecular complexity index is 656. The molecule has 0 spiro atoms. The minimum atomic E-state index is -0.697. The van der Waals surface area contributed by atoms with Crippen LogP contribution in [0.5, 0.6) is 5.75 Å². The van der Waals surface area contributed by atoms with Gasteiger partial charge in [0.1, 0.15) is 5.75 Å². The molecule has 0 bridgehead atoms. The van der Waals surface area contributed by atoms with Crippen molar-refractivity contribution in [1.82, 2.24) is 4.98 Å². The van der Waals surface area contributed by atoms with Crippen LogP contribution in [0.25, 0.3) is 0 Å². The Hall–Kier alpha value is -2.30. The van der Waals surface area contributed by atoms with Gasteiger partial charge in [0.2, 0.25) is 0 Å². The zero-order valence-electron chi connectivity index (χ0n) is 14.3. The number of nitrogens with zero attached hydrogens (tertiary/aromatic N) is 1. The number of oxazole rings is 1. The van der Waals surface area contributed by atoms with E-state index in [0.29, 0.717) is 11.5 Å². The first-order valence-electron chi connectivity index (χ1n) is 7.59. The number of rotatable bonds is 5. The van der Waals surface area contributed by atoms with E-state index in [2.05, 4.69) is 31.8 Å². The van der Waals surface area contributed by atoms with Gasteiger partial charge >= 0.3 is 5.97 Å². The number of benzene rings is 1. The standard InChI is InChI=1S/C18H23NO4/c1-12-8-14(18(3,4)5)6-7-16(12)23-13(2)17(20)21-10-15-9-19-11-22-15/h6-9,11,13H,10H2,1-5H3. The smallest absolute Gasteiger partial charge is 0.347 e. The third-order valence-electron chi connectivity index (χ3n) is 3.52. The molecule has 5 nitrogen and oxygen atoms in total. The lowest BCUT2D eigenvalue weighted by molar-refractivity contribution is -0.153. The number of carbonyl (C=O) groups is 1. The molecule has 0 aliphatic carbocycles. The molecule has 2 aromatic rings. The van der Waals surface area contributed by atoms with E-state index >= 15 is 0 Å². The van der Waals surface area contributed by atoms with Gasteiger partial charge in [0.25, 0.3) is 0 Å². The van der Waals surface area contributed by atoms with Crippen LogP contribution in [0.2, 0.25) is 0 Å². The van der Waals surface area contributed by atoms with Gasteiger partial charge in [0.15, 0.2) is 24.9 Å². The summed E-state index contributed by atoms with van der Waals surface area (Å²) in [4.78, 5) is 15.7. The van der Waals surface area contributed by atoms with Crippen LogP contribution >= 0.6 is 0 Å². The minimum absolute atomic E-state index is 0.0501. The van der Waals surface area contributed by atoms with Crippen molar-refractivity contribution in [1.29, 1.82) is 0 Å². The van der Waals surface area contributed by atoms with Crippen molar-refractivity contribution in [2.24, 2.45) is 0 Å². The zero-order valence-corrected chi connectivity index (χ0v) is 14.3. The van der Waals surface area contributed by atoms with E-state index in [4.69, 9.17) is 13.9 Å². The van der Waals surface area contributed by atoms with Gasteiger partial charge in [0, 0.05) is 0 Å². The van der Waals surface area contributed by atoms with Gasteiger partial charge in [-0.1, -0.05) is 32.9 Å². The van der Waals surface area contributed by atoms with Crippen LogP contribution in [0.3, 0.4) is 0 Å². The number of hydrogen-bond acceptors (Lipinski definition) is 5. The fraction of sp³-hybridized carbons (Fsp3) is 0.444. The third-order valence-corrected chi connectivity index (χ3v) is 3.52. The summed E-state index contributed by atoms with van der Waals surface area (Å²) in [5.74, 6) is 0.735. The quantitative estimate of drug-likeness (QED) is 0.785. The Morgan fingerprint density at radius 2 is 2.09 bits per heavy atom. The molecule has 0 radical (unpaired) electrons. The Morgan fingerprint density at radius 3 is 2.65 bits per heavy atom. The third kappa shape index (κ3) is 4.58. The van der Waals surface area contributed by atoms with Gasteiger partial charge in [-0.2, -0.15) is 0 Å². The summed E-state index contributed by atoms with van der Waals surface area (Å²) in [5, 5.41) is 0. The monoisotopic (exact) mass is 317 g/mol. The van der Waals surface area contributed by atoms with Crippen molar-refractivity contribution in [3.63, 3.8) is 0 Å². The van der Waals surface area contributed by atoms with Gasteiger partial charge < -0.3 is 13.9 Å². The summed E-state index contributed by atoms with van der Waals surface area (Å²) in [6.07, 6.45) is 2.11. The second kappa shape index (κ2) is 6.86. The number of ether oxygens (including phenoxy) is 2.